The molecule has 2 aromatic carbocycles. The van der Waals surface area contributed by atoms with Crippen molar-refractivity contribution in [3.05, 3.63) is 76.2 Å². The van der Waals surface area contributed by atoms with Crippen molar-refractivity contribution in [3.63, 3.8) is 0 Å². The summed E-state index contributed by atoms with van der Waals surface area (Å²) in [5.74, 6) is 0.0881. The highest BCUT2D eigenvalue weighted by Gasteiger charge is 2.30. The van der Waals surface area contributed by atoms with Gasteiger partial charge in [-0.2, -0.15) is 18.2 Å². The Hall–Kier alpha value is -4.02. The molecule has 1 fully saturated rings. The van der Waals surface area contributed by atoms with Gasteiger partial charge in [-0.1, -0.05) is 29.4 Å². The number of fused-ring (bicyclic) bond motifs is 1. The van der Waals surface area contributed by atoms with Gasteiger partial charge >= 0.3 is 12.1 Å². The van der Waals surface area contributed by atoms with E-state index in [0.717, 1.165) is 25.0 Å². The van der Waals surface area contributed by atoms with Crippen LogP contribution in [0.3, 0.4) is 0 Å². The molecule has 0 radical (unpaired) electrons. The van der Waals surface area contributed by atoms with E-state index < -0.39 is 17.7 Å². The summed E-state index contributed by atoms with van der Waals surface area (Å²) in [7, 11) is 0. The molecule has 4 aromatic rings. The Morgan fingerprint density at radius 2 is 1.83 bits per heavy atom. The molecule has 11 heteroatoms. The van der Waals surface area contributed by atoms with Crippen LogP contribution in [-0.4, -0.2) is 25.7 Å². The molecule has 8 nitrogen and oxygen atoms in total. The average Bonchev–Trinajstić information content (AvgIpc) is 3.56. The van der Waals surface area contributed by atoms with Gasteiger partial charge in [-0.15, -0.1) is 0 Å². The summed E-state index contributed by atoms with van der Waals surface area (Å²) in [6.07, 6.45) is -2.41. The first-order valence-electron chi connectivity index (χ1n) is 11.0. The Labute approximate surface area is 196 Å². The van der Waals surface area contributed by atoms with Crippen molar-refractivity contribution in [3.8, 4) is 11.4 Å². The summed E-state index contributed by atoms with van der Waals surface area (Å²) in [6.45, 7) is -0.285. The molecule has 1 aliphatic rings. The molecule has 0 N–H and O–H groups in total. The van der Waals surface area contributed by atoms with Crippen LogP contribution in [0.1, 0.15) is 42.6 Å². The molecule has 0 unspecified atom stereocenters. The molecule has 0 saturated heterocycles. The number of hydrogen-bond donors (Lipinski definition) is 0. The maximum absolute atomic E-state index is 12.9. The lowest BCUT2D eigenvalue weighted by molar-refractivity contribution is -0.145. The van der Waals surface area contributed by atoms with Crippen molar-refractivity contribution >= 4 is 16.9 Å². The zero-order valence-corrected chi connectivity index (χ0v) is 18.3. The van der Waals surface area contributed by atoms with Crippen molar-refractivity contribution in [1.82, 2.24) is 19.7 Å². The van der Waals surface area contributed by atoms with Gasteiger partial charge in [0, 0.05) is 18.0 Å². The fraction of sp³-hybridized carbons (Fsp3) is 0.292. The van der Waals surface area contributed by atoms with Gasteiger partial charge in [0.25, 0.3) is 11.4 Å². The van der Waals surface area contributed by atoms with Crippen LogP contribution in [0.25, 0.3) is 22.3 Å². The third-order valence-electron chi connectivity index (χ3n) is 5.64. The quantitative estimate of drug-likeness (QED) is 0.357. The van der Waals surface area contributed by atoms with Crippen LogP contribution in [0, 0.1) is 0 Å². The zero-order chi connectivity index (χ0) is 24.6. The number of hydrogen-bond acceptors (Lipinski definition) is 7. The standard InChI is InChI=1S/C24H19F3N4O4/c25-24(26,27)15-7-5-14(6-8-15)22-29-20(35-30-22)13-34-21(32)12-11-19-28-18-4-2-1-3-17(18)23(33)31(19)16-9-10-16/h1-8,16H,9-13H2. The van der Waals surface area contributed by atoms with E-state index in [2.05, 4.69) is 15.1 Å². The van der Waals surface area contributed by atoms with Crippen molar-refractivity contribution < 1.29 is 27.2 Å². The molecule has 0 aliphatic heterocycles. The van der Waals surface area contributed by atoms with Gasteiger partial charge in [-0.3, -0.25) is 14.2 Å². The van der Waals surface area contributed by atoms with E-state index in [1.807, 2.05) is 0 Å². The van der Waals surface area contributed by atoms with Crippen LogP contribution in [0.4, 0.5) is 13.2 Å². The van der Waals surface area contributed by atoms with Crippen LogP contribution < -0.4 is 5.56 Å². The van der Waals surface area contributed by atoms with Crippen molar-refractivity contribution in [1.29, 1.82) is 0 Å². The van der Waals surface area contributed by atoms with Gasteiger partial charge in [-0.25, -0.2) is 4.98 Å². The van der Waals surface area contributed by atoms with Crippen LogP contribution in [0.2, 0.25) is 0 Å². The summed E-state index contributed by atoms with van der Waals surface area (Å²) >= 11 is 0. The normalized spacial score (nSPS) is 13.8. The van der Waals surface area contributed by atoms with E-state index in [4.69, 9.17) is 9.26 Å². The van der Waals surface area contributed by atoms with Gasteiger partial charge in [0.15, 0.2) is 6.61 Å². The topological polar surface area (TPSA) is 100 Å². The lowest BCUT2D eigenvalue weighted by Gasteiger charge is -2.12. The fourth-order valence-corrected chi connectivity index (χ4v) is 3.74. The number of carbonyl (C=O) groups excluding carboxylic acids is 1. The number of rotatable bonds is 7. The van der Waals surface area contributed by atoms with Crippen molar-refractivity contribution in [2.75, 3.05) is 0 Å². The smallest absolute Gasteiger partial charge is 0.416 e. The highest BCUT2D eigenvalue weighted by molar-refractivity contribution is 5.77. The third-order valence-corrected chi connectivity index (χ3v) is 5.64. The number of esters is 1. The number of aromatic nitrogens is 4. The minimum absolute atomic E-state index is 0.00258. The molecule has 2 aromatic heterocycles. The van der Waals surface area contributed by atoms with E-state index in [0.29, 0.717) is 22.3 Å². The molecule has 1 saturated carbocycles. The number of alkyl halides is 3. The maximum atomic E-state index is 12.9. The second-order valence-electron chi connectivity index (χ2n) is 8.20. The van der Waals surface area contributed by atoms with Gasteiger partial charge < -0.3 is 9.26 Å². The summed E-state index contributed by atoms with van der Waals surface area (Å²) in [4.78, 5) is 33.9. The first kappa shape index (κ1) is 22.8. The molecule has 0 bridgehead atoms. The van der Waals surface area contributed by atoms with E-state index in [1.54, 1.807) is 28.8 Å². The van der Waals surface area contributed by atoms with Crippen LogP contribution in [0.5, 0.6) is 0 Å². The molecule has 1 aliphatic carbocycles. The second kappa shape index (κ2) is 8.97. The minimum Gasteiger partial charge on any atom is -0.456 e. The van der Waals surface area contributed by atoms with Crippen LogP contribution in [0.15, 0.2) is 57.8 Å². The summed E-state index contributed by atoms with van der Waals surface area (Å²) < 4.78 is 50.0. The Morgan fingerprint density at radius 1 is 1.09 bits per heavy atom. The Kier molecular flexibility index (Phi) is 5.83. The zero-order valence-electron chi connectivity index (χ0n) is 18.3. The number of benzene rings is 2. The second-order valence-corrected chi connectivity index (χ2v) is 8.20. The summed E-state index contributed by atoms with van der Waals surface area (Å²) in [6, 6.07) is 11.5. The number of ether oxygens (including phenoxy) is 1. The highest BCUT2D eigenvalue weighted by atomic mass is 19.4. The average molecular weight is 484 g/mol. The first-order valence-corrected chi connectivity index (χ1v) is 11.0. The largest absolute Gasteiger partial charge is 0.456 e. The van der Waals surface area contributed by atoms with Crippen LogP contribution >= 0.6 is 0 Å². The number of para-hydroxylation sites is 1. The lowest BCUT2D eigenvalue weighted by Crippen LogP contribution is -2.25. The Bertz CT molecular complexity index is 1440. The molecular weight excluding hydrogens is 465 g/mol. The summed E-state index contributed by atoms with van der Waals surface area (Å²) in [5.41, 5.74) is 0.0224. The Morgan fingerprint density at radius 3 is 2.54 bits per heavy atom. The predicted molar refractivity (Wildman–Crippen MR) is 117 cm³/mol. The van der Waals surface area contributed by atoms with E-state index >= 15 is 0 Å². The third kappa shape index (κ3) is 4.93. The predicted octanol–water partition coefficient (Wildman–Crippen LogP) is 4.48. The Balaban J connectivity index is 1.21. The molecule has 180 valence electrons. The van der Waals surface area contributed by atoms with Gasteiger partial charge in [0.05, 0.1) is 22.9 Å². The van der Waals surface area contributed by atoms with E-state index in [9.17, 15) is 22.8 Å². The van der Waals surface area contributed by atoms with E-state index in [-0.39, 0.29) is 42.8 Å². The molecular formula is C24H19F3N4O4. The first-order chi connectivity index (χ1) is 16.8. The fourth-order valence-electron chi connectivity index (χ4n) is 3.74. The minimum atomic E-state index is -4.44. The molecule has 0 amide bonds. The van der Waals surface area contributed by atoms with Crippen LogP contribution in [-0.2, 0) is 28.7 Å². The summed E-state index contributed by atoms with van der Waals surface area (Å²) in [5, 5.41) is 4.27. The molecule has 5 rings (SSSR count). The van der Waals surface area contributed by atoms with Gasteiger partial charge in [-0.05, 0) is 37.1 Å². The van der Waals surface area contributed by atoms with Crippen molar-refractivity contribution in [2.24, 2.45) is 0 Å². The number of aryl methyl sites for hydroxylation is 1. The van der Waals surface area contributed by atoms with Crippen molar-refractivity contribution in [2.45, 2.75) is 44.5 Å². The maximum Gasteiger partial charge on any atom is 0.416 e. The monoisotopic (exact) mass is 484 g/mol. The number of carbonyl (C=O) groups is 1. The number of nitrogens with zero attached hydrogens (tertiary/aromatic N) is 4. The SMILES string of the molecule is O=C(CCc1nc2ccccc2c(=O)n1C1CC1)OCc1nc(-c2ccc(C(F)(F)F)cc2)no1. The molecule has 2 heterocycles. The molecule has 0 spiro atoms. The lowest BCUT2D eigenvalue weighted by atomic mass is 10.1. The highest BCUT2D eigenvalue weighted by Crippen LogP contribution is 2.35. The molecule has 35 heavy (non-hydrogen) atoms. The number of halogens is 3. The molecule has 0 atom stereocenters. The van der Waals surface area contributed by atoms with Gasteiger partial charge in [0.1, 0.15) is 5.82 Å². The van der Waals surface area contributed by atoms with E-state index in [1.165, 1.54) is 12.1 Å². The van der Waals surface area contributed by atoms with Gasteiger partial charge in [0.2, 0.25) is 5.82 Å².